The van der Waals surface area contributed by atoms with Gasteiger partial charge in [-0.3, -0.25) is 10.2 Å². The molecule has 2 aliphatic heterocycles. The molecular formula is C24H20FN5OS. The lowest BCUT2D eigenvalue weighted by Crippen LogP contribution is -2.35. The smallest absolute Gasteiger partial charge is 0.283 e. The molecule has 0 atom stereocenters. The maximum Gasteiger partial charge on any atom is 0.283 e. The lowest BCUT2D eigenvalue weighted by Gasteiger charge is -2.20. The molecule has 3 aromatic rings. The van der Waals surface area contributed by atoms with Gasteiger partial charge in [0.25, 0.3) is 5.91 Å². The summed E-state index contributed by atoms with van der Waals surface area (Å²) in [7, 11) is 0. The van der Waals surface area contributed by atoms with Crippen molar-refractivity contribution in [3.8, 4) is 0 Å². The number of amides is 1. The zero-order chi connectivity index (χ0) is 22.4. The fourth-order valence-electron chi connectivity index (χ4n) is 3.73. The molecule has 0 aliphatic carbocycles. The number of nitrogens with zero attached hydrogens (tertiary/aromatic N) is 4. The molecule has 0 fully saturated rings. The van der Waals surface area contributed by atoms with Crippen LogP contribution in [0.25, 0.3) is 17.0 Å². The SMILES string of the molecule is CC(C)C1=NN2C(=N)C(=Cc3cn(Cc4ccccc4F)c4ccccc34)C(=O)N=C2S1. The van der Waals surface area contributed by atoms with Crippen molar-refractivity contribution in [2.75, 3.05) is 0 Å². The van der Waals surface area contributed by atoms with E-state index in [1.54, 1.807) is 18.2 Å². The topological polar surface area (TPSA) is 73.8 Å². The highest BCUT2D eigenvalue weighted by atomic mass is 32.2. The number of carbonyl (C=O) groups excluding carboxylic acids is 1. The third-order valence-corrected chi connectivity index (χ3v) is 6.59. The van der Waals surface area contributed by atoms with Crippen molar-refractivity contribution < 1.29 is 9.18 Å². The second-order valence-corrected chi connectivity index (χ2v) is 8.92. The van der Waals surface area contributed by atoms with Crippen LogP contribution in [0.4, 0.5) is 4.39 Å². The molecule has 1 aromatic heterocycles. The minimum atomic E-state index is -0.458. The highest BCUT2D eigenvalue weighted by molar-refractivity contribution is 8.27. The van der Waals surface area contributed by atoms with Crippen LogP contribution in [-0.4, -0.2) is 31.5 Å². The predicted molar refractivity (Wildman–Crippen MR) is 127 cm³/mol. The molecule has 0 bridgehead atoms. The number of benzene rings is 2. The molecule has 3 heterocycles. The standard InChI is InChI=1S/C24H20FN5OS/c1-14(2)23-28-30-21(26)18(22(31)27-24(30)32-23)11-16-13-29(20-10-6-4-8-17(16)20)12-15-7-3-5-9-19(15)25/h3-11,13-14,26H,12H2,1-2H3. The van der Waals surface area contributed by atoms with E-state index >= 15 is 0 Å². The van der Waals surface area contributed by atoms with Gasteiger partial charge < -0.3 is 4.57 Å². The number of aliphatic imine (C=N–C) groups is 1. The van der Waals surface area contributed by atoms with E-state index in [9.17, 15) is 9.18 Å². The fraction of sp³-hybridized carbons (Fsp3) is 0.167. The van der Waals surface area contributed by atoms with Crippen molar-refractivity contribution in [2.45, 2.75) is 20.4 Å². The molecule has 1 N–H and O–H groups in total. The Hall–Kier alpha value is -3.52. The Morgan fingerprint density at radius 2 is 1.91 bits per heavy atom. The molecule has 2 aromatic carbocycles. The van der Waals surface area contributed by atoms with Gasteiger partial charge in [-0.1, -0.05) is 50.2 Å². The normalized spacial score (nSPS) is 17.4. The van der Waals surface area contributed by atoms with Gasteiger partial charge in [-0.05, 0) is 30.0 Å². The van der Waals surface area contributed by atoms with Crippen LogP contribution in [0.15, 0.2) is 70.4 Å². The van der Waals surface area contributed by atoms with Gasteiger partial charge in [-0.2, -0.15) is 15.1 Å². The molecule has 0 unspecified atom stereocenters. The molecule has 160 valence electrons. The number of hydrazone groups is 1. The zero-order valence-electron chi connectivity index (χ0n) is 17.5. The lowest BCUT2D eigenvalue weighted by atomic mass is 10.1. The molecule has 2 aliphatic rings. The average Bonchev–Trinajstić information content (AvgIpc) is 3.35. The van der Waals surface area contributed by atoms with Crippen molar-refractivity contribution in [2.24, 2.45) is 16.0 Å². The third-order valence-electron chi connectivity index (χ3n) is 5.38. The number of para-hydroxylation sites is 1. The Labute approximate surface area is 188 Å². The number of aromatic nitrogens is 1. The lowest BCUT2D eigenvalue weighted by molar-refractivity contribution is -0.114. The minimum absolute atomic E-state index is 0.00841. The Kier molecular flexibility index (Phi) is 5.01. The molecule has 32 heavy (non-hydrogen) atoms. The number of carbonyl (C=O) groups is 1. The average molecular weight is 446 g/mol. The summed E-state index contributed by atoms with van der Waals surface area (Å²) in [4.78, 5) is 16.9. The summed E-state index contributed by atoms with van der Waals surface area (Å²) < 4.78 is 16.2. The molecule has 1 amide bonds. The third kappa shape index (κ3) is 3.46. The first-order valence-corrected chi connectivity index (χ1v) is 11.1. The second kappa shape index (κ2) is 7.87. The van der Waals surface area contributed by atoms with Crippen LogP contribution < -0.4 is 0 Å². The van der Waals surface area contributed by atoms with Crippen LogP contribution >= 0.6 is 11.8 Å². The van der Waals surface area contributed by atoms with Crippen LogP contribution in [0, 0.1) is 17.1 Å². The van der Waals surface area contributed by atoms with Gasteiger partial charge in [-0.15, -0.1) is 0 Å². The predicted octanol–water partition coefficient (Wildman–Crippen LogP) is 5.10. The Morgan fingerprint density at radius 1 is 1.16 bits per heavy atom. The molecular weight excluding hydrogens is 425 g/mol. The molecule has 8 heteroatoms. The summed E-state index contributed by atoms with van der Waals surface area (Å²) >= 11 is 1.33. The Morgan fingerprint density at radius 3 is 2.69 bits per heavy atom. The first-order chi connectivity index (χ1) is 15.4. The van der Waals surface area contributed by atoms with Gasteiger partial charge in [0, 0.05) is 34.1 Å². The van der Waals surface area contributed by atoms with E-state index in [-0.39, 0.29) is 23.1 Å². The van der Waals surface area contributed by atoms with Gasteiger partial charge >= 0.3 is 0 Å². The van der Waals surface area contributed by atoms with Gasteiger partial charge in [0.05, 0.1) is 12.1 Å². The maximum atomic E-state index is 14.2. The summed E-state index contributed by atoms with van der Waals surface area (Å²) in [5.74, 6) is -0.532. The van der Waals surface area contributed by atoms with Gasteiger partial charge in [0.1, 0.15) is 10.9 Å². The van der Waals surface area contributed by atoms with Gasteiger partial charge in [0.15, 0.2) is 5.84 Å². The largest absolute Gasteiger partial charge is 0.342 e. The van der Waals surface area contributed by atoms with Gasteiger partial charge in [0.2, 0.25) is 5.17 Å². The second-order valence-electron chi connectivity index (χ2n) is 7.93. The van der Waals surface area contributed by atoms with E-state index in [4.69, 9.17) is 5.41 Å². The summed E-state index contributed by atoms with van der Waals surface area (Å²) in [6, 6.07) is 14.4. The van der Waals surface area contributed by atoms with E-state index in [0.717, 1.165) is 21.5 Å². The molecule has 6 nitrogen and oxygen atoms in total. The van der Waals surface area contributed by atoms with E-state index in [1.807, 2.05) is 54.9 Å². The van der Waals surface area contributed by atoms with Crippen LogP contribution in [-0.2, 0) is 11.3 Å². The van der Waals surface area contributed by atoms with Crippen LogP contribution in [0.1, 0.15) is 25.0 Å². The van der Waals surface area contributed by atoms with Crippen LogP contribution in [0.5, 0.6) is 0 Å². The Balaban J connectivity index is 1.57. The van der Waals surface area contributed by atoms with E-state index < -0.39 is 5.91 Å². The molecule has 0 saturated carbocycles. The molecule has 0 radical (unpaired) electrons. The molecule has 5 rings (SSSR count). The summed E-state index contributed by atoms with van der Waals surface area (Å²) in [5, 5.41) is 16.6. The number of rotatable bonds is 4. The maximum absolute atomic E-state index is 14.2. The quantitative estimate of drug-likeness (QED) is 0.568. The summed E-state index contributed by atoms with van der Waals surface area (Å²) in [5.41, 5.74) is 2.44. The van der Waals surface area contributed by atoms with Gasteiger partial charge in [-0.25, -0.2) is 4.39 Å². The van der Waals surface area contributed by atoms with Crippen molar-refractivity contribution in [3.63, 3.8) is 0 Å². The highest BCUT2D eigenvalue weighted by Crippen LogP contribution is 2.32. The highest BCUT2D eigenvalue weighted by Gasteiger charge is 2.36. The fourth-order valence-corrected chi connectivity index (χ4v) is 4.62. The number of nitrogens with one attached hydrogen (secondary N) is 1. The monoisotopic (exact) mass is 445 g/mol. The van der Waals surface area contributed by atoms with E-state index in [1.165, 1.54) is 22.8 Å². The first-order valence-electron chi connectivity index (χ1n) is 10.2. The van der Waals surface area contributed by atoms with Crippen molar-refractivity contribution >= 4 is 50.7 Å². The first kappa shape index (κ1) is 20.4. The van der Waals surface area contributed by atoms with E-state index in [2.05, 4.69) is 10.1 Å². The number of fused-ring (bicyclic) bond motifs is 2. The zero-order valence-corrected chi connectivity index (χ0v) is 18.4. The number of halogens is 1. The number of thioether (sulfide) groups is 1. The van der Waals surface area contributed by atoms with Crippen molar-refractivity contribution in [1.29, 1.82) is 5.41 Å². The Bertz CT molecular complexity index is 1370. The van der Waals surface area contributed by atoms with Crippen molar-refractivity contribution in [1.82, 2.24) is 9.58 Å². The molecule has 0 saturated heterocycles. The van der Waals surface area contributed by atoms with Crippen LogP contribution in [0.2, 0.25) is 0 Å². The minimum Gasteiger partial charge on any atom is -0.342 e. The summed E-state index contributed by atoms with van der Waals surface area (Å²) in [6.07, 6.45) is 3.56. The number of amidine groups is 2. The van der Waals surface area contributed by atoms with Crippen molar-refractivity contribution in [3.05, 3.63) is 77.2 Å². The van der Waals surface area contributed by atoms with E-state index in [0.29, 0.717) is 17.3 Å². The van der Waals surface area contributed by atoms with Crippen LogP contribution in [0.3, 0.4) is 0 Å². The molecule has 0 spiro atoms. The number of hydrogen-bond acceptors (Lipinski definition) is 4. The summed E-state index contributed by atoms with van der Waals surface area (Å²) in [6.45, 7) is 4.38. The number of hydrogen-bond donors (Lipinski definition) is 1.